The third-order valence-corrected chi connectivity index (χ3v) is 10.6. The second kappa shape index (κ2) is 16.3. The molecule has 0 spiro atoms. The molecule has 0 saturated carbocycles. The summed E-state index contributed by atoms with van der Waals surface area (Å²) < 4.78 is 70.7. The molecule has 0 heterocycles. The molecule has 4 rings (SSSR count). The van der Waals surface area contributed by atoms with Gasteiger partial charge < -0.3 is 10.2 Å². The van der Waals surface area contributed by atoms with Crippen LogP contribution < -0.4 is 9.62 Å². The highest BCUT2D eigenvalue weighted by Gasteiger charge is 2.38. The molecule has 0 aliphatic rings. The number of carbonyl (C=O) groups excluding carboxylic acids is 2. The molecular formula is C35H33Cl3F3N3O4S. The smallest absolute Gasteiger partial charge is 0.352 e. The van der Waals surface area contributed by atoms with Crippen molar-refractivity contribution in [3.8, 4) is 0 Å². The van der Waals surface area contributed by atoms with Crippen LogP contribution in [0.25, 0.3) is 0 Å². The monoisotopic (exact) mass is 753 g/mol. The van der Waals surface area contributed by atoms with Crippen molar-refractivity contribution in [1.82, 2.24) is 10.2 Å². The molecule has 0 fully saturated rings. The summed E-state index contributed by atoms with van der Waals surface area (Å²) in [6.45, 7) is 2.36. The van der Waals surface area contributed by atoms with Gasteiger partial charge in [-0.25, -0.2) is 8.42 Å². The number of hydrogen-bond donors (Lipinski definition) is 1. The zero-order valence-electron chi connectivity index (χ0n) is 26.4. The summed E-state index contributed by atoms with van der Waals surface area (Å²) in [6.07, 6.45) is -4.34. The highest BCUT2D eigenvalue weighted by molar-refractivity contribution is 7.92. The number of carbonyl (C=O) groups is 2. The molecule has 0 saturated heterocycles. The lowest BCUT2D eigenvalue weighted by Crippen LogP contribution is -2.54. The molecule has 260 valence electrons. The summed E-state index contributed by atoms with van der Waals surface area (Å²) in [6, 6.07) is 21.6. The van der Waals surface area contributed by atoms with E-state index in [1.54, 1.807) is 61.5 Å². The van der Waals surface area contributed by atoms with Gasteiger partial charge in [0.1, 0.15) is 12.6 Å². The van der Waals surface area contributed by atoms with Gasteiger partial charge in [-0.05, 0) is 61.4 Å². The van der Waals surface area contributed by atoms with Crippen LogP contribution >= 0.6 is 34.8 Å². The normalized spacial score (nSPS) is 13.0. The quantitative estimate of drug-likeness (QED) is 0.149. The Kier molecular flexibility index (Phi) is 12.6. The average Bonchev–Trinajstić information content (AvgIpc) is 3.06. The van der Waals surface area contributed by atoms with Crippen molar-refractivity contribution in [2.75, 3.05) is 10.8 Å². The van der Waals surface area contributed by atoms with Gasteiger partial charge in [-0.15, -0.1) is 0 Å². The number of sulfonamides is 1. The lowest BCUT2D eigenvalue weighted by Gasteiger charge is -2.34. The van der Waals surface area contributed by atoms with Gasteiger partial charge in [0.15, 0.2) is 0 Å². The van der Waals surface area contributed by atoms with E-state index in [1.807, 2.05) is 6.92 Å². The minimum atomic E-state index is -4.93. The maximum atomic E-state index is 14.6. The van der Waals surface area contributed by atoms with E-state index in [4.69, 9.17) is 34.8 Å². The van der Waals surface area contributed by atoms with Crippen molar-refractivity contribution < 1.29 is 31.2 Å². The molecule has 0 radical (unpaired) electrons. The molecule has 49 heavy (non-hydrogen) atoms. The standard InChI is InChI=1S/C35H33Cl3F3N3O4S/c1-3-23(2)42-34(46)32(19-24-11-6-4-7-12-24)43(21-27-29(36)15-10-16-30(27)37)33(45)22-44(49(47,48)26-13-8-5-9-14-26)25-17-18-31(38)28(20-25)35(39,40)41/h4-18,20,23,32H,3,19,21-22H2,1-2H3,(H,42,46). The van der Waals surface area contributed by atoms with E-state index in [-0.39, 0.29) is 39.5 Å². The summed E-state index contributed by atoms with van der Waals surface area (Å²) in [5, 5.41) is 2.62. The van der Waals surface area contributed by atoms with Gasteiger partial charge in [-0.2, -0.15) is 13.2 Å². The highest BCUT2D eigenvalue weighted by atomic mass is 35.5. The van der Waals surface area contributed by atoms with E-state index < -0.39 is 56.9 Å². The van der Waals surface area contributed by atoms with E-state index in [9.17, 15) is 31.2 Å². The number of hydrogen-bond acceptors (Lipinski definition) is 4. The van der Waals surface area contributed by atoms with Crippen LogP contribution in [0, 0.1) is 0 Å². The summed E-state index contributed by atoms with van der Waals surface area (Å²) in [5.41, 5.74) is -0.775. The maximum absolute atomic E-state index is 14.6. The van der Waals surface area contributed by atoms with Gasteiger partial charge in [-0.3, -0.25) is 13.9 Å². The van der Waals surface area contributed by atoms with Crippen LogP contribution in [-0.2, 0) is 38.8 Å². The molecule has 1 N–H and O–H groups in total. The third kappa shape index (κ3) is 9.48. The molecule has 4 aromatic rings. The van der Waals surface area contributed by atoms with Crippen LogP contribution in [-0.4, -0.2) is 43.8 Å². The lowest BCUT2D eigenvalue weighted by atomic mass is 10.0. The summed E-state index contributed by atoms with van der Waals surface area (Å²) in [5.74, 6) is -1.43. The number of nitrogens with zero attached hydrogens (tertiary/aromatic N) is 2. The molecule has 14 heteroatoms. The fourth-order valence-corrected chi connectivity index (χ4v) is 7.15. The number of benzene rings is 4. The van der Waals surface area contributed by atoms with Gasteiger partial charge in [-0.1, -0.05) is 96.3 Å². The number of halogens is 6. The SMILES string of the molecule is CCC(C)NC(=O)C(Cc1ccccc1)N(Cc1c(Cl)cccc1Cl)C(=O)CN(c1ccc(Cl)c(C(F)(F)F)c1)S(=O)(=O)c1ccccc1. The Labute approximate surface area is 298 Å². The lowest BCUT2D eigenvalue weighted by molar-refractivity contribution is -0.140. The van der Waals surface area contributed by atoms with Crippen molar-refractivity contribution in [3.63, 3.8) is 0 Å². The Morgan fingerprint density at radius 3 is 2.00 bits per heavy atom. The molecule has 4 aromatic carbocycles. The summed E-state index contributed by atoms with van der Waals surface area (Å²) in [7, 11) is -4.65. The van der Waals surface area contributed by atoms with Crippen LogP contribution in [0.2, 0.25) is 15.1 Å². The topological polar surface area (TPSA) is 86.8 Å². The first-order valence-corrected chi connectivity index (χ1v) is 17.7. The minimum absolute atomic E-state index is 0.0154. The Morgan fingerprint density at radius 1 is 0.837 bits per heavy atom. The largest absolute Gasteiger partial charge is 0.417 e. The molecule has 0 aliphatic carbocycles. The number of rotatable bonds is 13. The first-order chi connectivity index (χ1) is 23.1. The van der Waals surface area contributed by atoms with Crippen molar-refractivity contribution >= 4 is 62.3 Å². The predicted octanol–water partition coefficient (Wildman–Crippen LogP) is 8.42. The first-order valence-electron chi connectivity index (χ1n) is 15.1. The van der Waals surface area contributed by atoms with E-state index in [1.165, 1.54) is 24.3 Å². The molecule has 0 bridgehead atoms. The van der Waals surface area contributed by atoms with E-state index in [2.05, 4.69) is 5.32 Å². The Balaban J connectivity index is 1.89. The molecule has 2 unspecified atom stereocenters. The summed E-state index contributed by atoms with van der Waals surface area (Å²) in [4.78, 5) is 29.4. The summed E-state index contributed by atoms with van der Waals surface area (Å²) >= 11 is 18.9. The Bertz CT molecular complexity index is 1860. The number of nitrogens with one attached hydrogen (secondary N) is 1. The molecule has 2 atom stereocenters. The Hall–Kier alpha value is -3.77. The second-order valence-electron chi connectivity index (χ2n) is 11.2. The van der Waals surface area contributed by atoms with Crippen LogP contribution in [0.1, 0.15) is 37.0 Å². The number of amides is 2. The van der Waals surface area contributed by atoms with Crippen molar-refractivity contribution in [3.05, 3.63) is 129 Å². The number of alkyl halides is 3. The van der Waals surface area contributed by atoms with Crippen LogP contribution in [0.4, 0.5) is 18.9 Å². The zero-order valence-corrected chi connectivity index (χ0v) is 29.5. The van der Waals surface area contributed by atoms with Crippen LogP contribution in [0.5, 0.6) is 0 Å². The molecule has 0 aliphatic heterocycles. The Morgan fingerprint density at radius 2 is 1.43 bits per heavy atom. The number of anilines is 1. The van der Waals surface area contributed by atoms with Crippen LogP contribution in [0.3, 0.4) is 0 Å². The fourth-order valence-electron chi connectivity index (χ4n) is 4.98. The molecule has 2 amide bonds. The van der Waals surface area contributed by atoms with Crippen molar-refractivity contribution in [2.45, 2.75) is 56.4 Å². The van der Waals surface area contributed by atoms with Gasteiger partial charge in [0, 0.05) is 34.6 Å². The van der Waals surface area contributed by atoms with E-state index in [0.717, 1.165) is 17.0 Å². The fraction of sp³-hybridized carbons (Fsp3) is 0.257. The van der Waals surface area contributed by atoms with Gasteiger partial charge >= 0.3 is 6.18 Å². The maximum Gasteiger partial charge on any atom is 0.417 e. The van der Waals surface area contributed by atoms with Gasteiger partial charge in [0.2, 0.25) is 11.8 Å². The highest BCUT2D eigenvalue weighted by Crippen LogP contribution is 2.38. The van der Waals surface area contributed by atoms with Crippen molar-refractivity contribution in [2.24, 2.45) is 0 Å². The second-order valence-corrected chi connectivity index (χ2v) is 14.3. The molecule has 7 nitrogen and oxygen atoms in total. The van der Waals surface area contributed by atoms with E-state index >= 15 is 0 Å². The van der Waals surface area contributed by atoms with E-state index in [0.29, 0.717) is 22.4 Å². The molecular weight excluding hydrogens is 722 g/mol. The first kappa shape index (κ1) is 38.0. The van der Waals surface area contributed by atoms with Gasteiger partial charge in [0.05, 0.1) is 21.2 Å². The van der Waals surface area contributed by atoms with Crippen molar-refractivity contribution in [1.29, 1.82) is 0 Å². The zero-order chi connectivity index (χ0) is 35.9. The van der Waals surface area contributed by atoms with Crippen LogP contribution in [0.15, 0.2) is 102 Å². The molecule has 0 aromatic heterocycles. The predicted molar refractivity (Wildman–Crippen MR) is 186 cm³/mol. The average molecular weight is 755 g/mol. The van der Waals surface area contributed by atoms with Gasteiger partial charge in [0.25, 0.3) is 10.0 Å². The minimum Gasteiger partial charge on any atom is -0.352 e. The third-order valence-electron chi connectivity index (χ3n) is 7.82.